The van der Waals surface area contributed by atoms with Gasteiger partial charge in [0.2, 0.25) is 0 Å². The van der Waals surface area contributed by atoms with Gasteiger partial charge in [0, 0.05) is 22.4 Å². The average molecular weight is 403 g/mol. The Kier molecular flexibility index (Phi) is 6.01. The Morgan fingerprint density at radius 1 is 1.48 bits per heavy atom. The van der Waals surface area contributed by atoms with Crippen LogP contribution in [0.5, 0.6) is 0 Å². The quantitative estimate of drug-likeness (QED) is 0.451. The van der Waals surface area contributed by atoms with Gasteiger partial charge in [0.1, 0.15) is 0 Å². The van der Waals surface area contributed by atoms with E-state index in [-0.39, 0.29) is 27.9 Å². The number of nitrogens with one attached hydrogen (secondary N) is 1. The van der Waals surface area contributed by atoms with Gasteiger partial charge in [0.15, 0.2) is 0 Å². The highest BCUT2D eigenvalue weighted by Crippen LogP contribution is 2.36. The molecular weight excluding hydrogens is 381 g/mol. The van der Waals surface area contributed by atoms with Crippen LogP contribution in [0.25, 0.3) is 0 Å². The maximum Gasteiger partial charge on any atom is 0.305 e. The van der Waals surface area contributed by atoms with Crippen LogP contribution in [0.2, 0.25) is 0 Å². The van der Waals surface area contributed by atoms with Crippen LogP contribution >= 0.6 is 22.6 Å². The number of halogens is 1. The van der Waals surface area contributed by atoms with E-state index in [2.05, 4.69) is 47.0 Å². The molecule has 1 aromatic carbocycles. The molecule has 0 radical (unpaired) electrons. The number of ether oxygens (including phenoxy) is 1. The second-order valence-corrected chi connectivity index (χ2v) is 7.05. The van der Waals surface area contributed by atoms with E-state index in [1.807, 2.05) is 18.2 Å². The van der Waals surface area contributed by atoms with Crippen molar-refractivity contribution in [3.63, 3.8) is 0 Å². The molecule has 2 N–H and O–H groups in total. The van der Waals surface area contributed by atoms with Crippen molar-refractivity contribution >= 4 is 28.6 Å². The van der Waals surface area contributed by atoms with E-state index in [9.17, 15) is 9.90 Å². The van der Waals surface area contributed by atoms with Crippen LogP contribution in [0.15, 0.2) is 30.3 Å². The second kappa shape index (κ2) is 7.56. The number of carbonyl (C=O) groups excluding carboxylic acids is 1. The average Bonchev–Trinajstić information content (AvgIpc) is 2.75. The van der Waals surface area contributed by atoms with Crippen molar-refractivity contribution in [2.24, 2.45) is 5.92 Å². The first-order valence-electron chi connectivity index (χ1n) is 7.23. The molecule has 3 unspecified atom stereocenters. The molecule has 0 saturated heterocycles. The number of benzene rings is 1. The van der Waals surface area contributed by atoms with Gasteiger partial charge in [0.05, 0.1) is 13.2 Å². The molecule has 4 nitrogen and oxygen atoms in total. The van der Waals surface area contributed by atoms with E-state index in [0.29, 0.717) is 12.8 Å². The van der Waals surface area contributed by atoms with Crippen LogP contribution in [-0.2, 0) is 9.53 Å². The first kappa shape index (κ1) is 16.7. The van der Waals surface area contributed by atoms with E-state index in [1.54, 1.807) is 0 Å². The van der Waals surface area contributed by atoms with Crippen LogP contribution in [0.4, 0.5) is 0 Å². The number of alkyl halides is 1. The molecule has 2 rings (SSSR count). The standard InChI is InChI=1S/C16H22INO3/c1-10(11-6-4-3-5-7-11)18-16-13(19)8-12(15(16)17)9-14(20)21-2/h3-7,10,12-13,15-16,18-19H,8-9H2,1-2H3/t10-,12?,13-,15?,16?/m1/s1. The topological polar surface area (TPSA) is 58.6 Å². The molecule has 1 aromatic rings. The molecular formula is C16H22INO3. The van der Waals surface area contributed by atoms with Crippen molar-refractivity contribution in [1.29, 1.82) is 0 Å². The van der Waals surface area contributed by atoms with Crippen LogP contribution in [-0.4, -0.2) is 34.3 Å². The molecule has 1 saturated carbocycles. The van der Waals surface area contributed by atoms with Crippen LogP contribution in [0, 0.1) is 5.92 Å². The van der Waals surface area contributed by atoms with E-state index in [1.165, 1.54) is 12.7 Å². The molecule has 0 aromatic heterocycles. The summed E-state index contributed by atoms with van der Waals surface area (Å²) < 4.78 is 4.95. The molecule has 0 spiro atoms. The van der Waals surface area contributed by atoms with E-state index < -0.39 is 6.10 Å². The Hall–Kier alpha value is -0.660. The molecule has 0 aliphatic heterocycles. The fourth-order valence-electron chi connectivity index (χ4n) is 2.92. The monoisotopic (exact) mass is 403 g/mol. The summed E-state index contributed by atoms with van der Waals surface area (Å²) in [5.74, 6) is -0.0425. The largest absolute Gasteiger partial charge is 0.469 e. The Morgan fingerprint density at radius 3 is 2.76 bits per heavy atom. The summed E-state index contributed by atoms with van der Waals surface area (Å²) in [6.45, 7) is 2.10. The van der Waals surface area contributed by atoms with Gasteiger partial charge in [-0.1, -0.05) is 52.9 Å². The highest BCUT2D eigenvalue weighted by Gasteiger charge is 2.42. The summed E-state index contributed by atoms with van der Waals surface area (Å²) in [5, 5.41) is 13.8. The van der Waals surface area contributed by atoms with Gasteiger partial charge >= 0.3 is 5.97 Å². The van der Waals surface area contributed by atoms with Gasteiger partial charge in [-0.2, -0.15) is 0 Å². The van der Waals surface area contributed by atoms with Crippen LogP contribution < -0.4 is 5.32 Å². The molecule has 1 aliphatic carbocycles. The predicted octanol–water partition coefficient (Wildman–Crippen LogP) is 2.45. The highest BCUT2D eigenvalue weighted by atomic mass is 127. The summed E-state index contributed by atoms with van der Waals surface area (Å²) >= 11 is 2.34. The molecule has 1 aliphatic rings. The number of aliphatic hydroxyl groups is 1. The minimum absolute atomic E-state index is 0.00420. The van der Waals surface area contributed by atoms with Crippen LogP contribution in [0.3, 0.4) is 0 Å². The fourth-order valence-corrected chi connectivity index (χ4v) is 4.15. The van der Waals surface area contributed by atoms with Gasteiger partial charge in [-0.05, 0) is 24.8 Å². The zero-order valence-electron chi connectivity index (χ0n) is 12.3. The lowest BCUT2D eigenvalue weighted by molar-refractivity contribution is -0.141. The molecule has 21 heavy (non-hydrogen) atoms. The maximum atomic E-state index is 11.4. The third-order valence-electron chi connectivity index (χ3n) is 4.15. The van der Waals surface area contributed by atoms with Gasteiger partial charge in [-0.25, -0.2) is 0 Å². The number of rotatable bonds is 5. The lowest BCUT2D eigenvalue weighted by Gasteiger charge is -2.26. The second-order valence-electron chi connectivity index (χ2n) is 5.61. The van der Waals surface area contributed by atoms with Crippen molar-refractivity contribution in [2.45, 2.75) is 41.9 Å². The Labute approximate surface area is 139 Å². The summed E-state index contributed by atoms with van der Waals surface area (Å²) in [7, 11) is 1.41. The number of hydrogen-bond acceptors (Lipinski definition) is 4. The van der Waals surface area contributed by atoms with Crippen molar-refractivity contribution < 1.29 is 14.6 Å². The molecule has 1 fully saturated rings. The third kappa shape index (κ3) is 4.17. The molecule has 5 atom stereocenters. The van der Waals surface area contributed by atoms with Crippen molar-refractivity contribution in [3.8, 4) is 0 Å². The Balaban J connectivity index is 1.98. The van der Waals surface area contributed by atoms with Crippen molar-refractivity contribution in [3.05, 3.63) is 35.9 Å². The van der Waals surface area contributed by atoms with E-state index in [0.717, 1.165) is 0 Å². The number of aliphatic hydroxyl groups excluding tert-OH is 1. The smallest absolute Gasteiger partial charge is 0.305 e. The van der Waals surface area contributed by atoms with Gasteiger partial charge < -0.3 is 15.2 Å². The van der Waals surface area contributed by atoms with Crippen LogP contribution in [0.1, 0.15) is 31.4 Å². The number of esters is 1. The summed E-state index contributed by atoms with van der Waals surface area (Å²) in [4.78, 5) is 11.4. The lowest BCUT2D eigenvalue weighted by Crippen LogP contribution is -2.42. The summed E-state index contributed by atoms with van der Waals surface area (Å²) in [6, 6.07) is 10.3. The molecule has 0 bridgehead atoms. The normalized spacial score (nSPS) is 30.1. The van der Waals surface area contributed by atoms with Gasteiger partial charge in [-0.15, -0.1) is 0 Å². The zero-order chi connectivity index (χ0) is 15.4. The third-order valence-corrected chi connectivity index (χ3v) is 5.94. The van der Waals surface area contributed by atoms with Crippen molar-refractivity contribution in [2.75, 3.05) is 7.11 Å². The first-order chi connectivity index (χ1) is 10.0. The highest BCUT2D eigenvalue weighted by molar-refractivity contribution is 14.1. The van der Waals surface area contributed by atoms with Gasteiger partial charge in [-0.3, -0.25) is 4.79 Å². The first-order valence-corrected chi connectivity index (χ1v) is 8.47. The van der Waals surface area contributed by atoms with E-state index >= 15 is 0 Å². The minimum atomic E-state index is -0.423. The summed E-state index contributed by atoms with van der Waals surface area (Å²) in [6.07, 6.45) is 0.591. The molecule has 0 heterocycles. The molecule has 0 amide bonds. The zero-order valence-corrected chi connectivity index (χ0v) is 14.5. The van der Waals surface area contributed by atoms with Crippen molar-refractivity contribution in [1.82, 2.24) is 5.32 Å². The fraction of sp³-hybridized carbons (Fsp3) is 0.562. The maximum absolute atomic E-state index is 11.4. The predicted molar refractivity (Wildman–Crippen MR) is 90.3 cm³/mol. The number of methoxy groups -OCH3 is 1. The SMILES string of the molecule is COC(=O)CC1C[C@@H](O)C(N[C@H](C)c2ccccc2)C1I. The minimum Gasteiger partial charge on any atom is -0.469 e. The number of carbonyl (C=O) groups is 1. The Bertz CT molecular complexity index is 468. The molecule has 116 valence electrons. The van der Waals surface area contributed by atoms with E-state index in [4.69, 9.17) is 4.74 Å². The van der Waals surface area contributed by atoms with Gasteiger partial charge in [0.25, 0.3) is 0 Å². The Morgan fingerprint density at radius 2 is 2.14 bits per heavy atom. The lowest BCUT2D eigenvalue weighted by atomic mass is 10.0. The summed E-state index contributed by atoms with van der Waals surface area (Å²) in [5.41, 5.74) is 1.20. The molecule has 5 heteroatoms. The number of hydrogen-bond donors (Lipinski definition) is 2.